The second-order valence-electron chi connectivity index (χ2n) is 6.07. The zero-order valence-electron chi connectivity index (χ0n) is 12.6. The van der Waals surface area contributed by atoms with Gasteiger partial charge in [-0.05, 0) is 37.0 Å². The molecule has 1 aromatic carbocycles. The molecule has 2 aliphatic rings. The fraction of sp³-hybridized carbons (Fsp3) is 0.353. The maximum absolute atomic E-state index is 12.7. The predicted molar refractivity (Wildman–Crippen MR) is 90.4 cm³/mol. The first-order valence-corrected chi connectivity index (χ1v) is 10.3. The van der Waals surface area contributed by atoms with Crippen LogP contribution in [0.5, 0.6) is 0 Å². The molecule has 0 N–H and O–H groups in total. The minimum atomic E-state index is -3.31. The zero-order valence-corrected chi connectivity index (χ0v) is 14.3. The zero-order chi connectivity index (χ0) is 16.0. The Balaban J connectivity index is 1.77. The molecule has 120 valence electrons. The average molecular weight is 347 g/mol. The summed E-state index contributed by atoms with van der Waals surface area (Å²) in [5.74, 6) is 0.0299. The quantitative estimate of drug-likeness (QED) is 0.795. The molecule has 1 saturated heterocycles. The Bertz CT molecular complexity index is 877. The van der Waals surface area contributed by atoms with Crippen LogP contribution in [0.25, 0.3) is 10.4 Å². The van der Waals surface area contributed by atoms with Gasteiger partial charge in [0.1, 0.15) is 0 Å². The largest absolute Gasteiger partial charge is 0.338 e. The highest BCUT2D eigenvalue weighted by atomic mass is 32.2. The summed E-state index contributed by atoms with van der Waals surface area (Å²) in [5.41, 5.74) is 1.49. The van der Waals surface area contributed by atoms with E-state index in [0.717, 1.165) is 41.9 Å². The number of benzene rings is 1. The van der Waals surface area contributed by atoms with Crippen LogP contribution >= 0.6 is 11.3 Å². The fourth-order valence-electron chi connectivity index (χ4n) is 3.33. The lowest BCUT2D eigenvalue weighted by Crippen LogP contribution is -2.35. The number of hydrogen-bond acceptors (Lipinski definition) is 4. The summed E-state index contributed by atoms with van der Waals surface area (Å²) in [4.78, 5) is 16.5. The molecule has 0 aliphatic carbocycles. The number of fused-ring (bicyclic) bond motifs is 3. The summed E-state index contributed by atoms with van der Waals surface area (Å²) in [7, 11) is -3.31. The number of carbonyl (C=O) groups excluding carboxylic acids is 1. The first-order valence-electron chi connectivity index (χ1n) is 7.80. The highest BCUT2D eigenvalue weighted by molar-refractivity contribution is 7.91. The Morgan fingerprint density at radius 3 is 2.61 bits per heavy atom. The molecule has 6 heteroatoms. The molecule has 2 aliphatic heterocycles. The maximum Gasteiger partial charge on any atom is 0.263 e. The normalized spacial score (nSPS) is 19.0. The third kappa shape index (κ3) is 2.50. The van der Waals surface area contributed by atoms with E-state index in [-0.39, 0.29) is 11.7 Å². The number of rotatable bonds is 1. The monoisotopic (exact) mass is 347 g/mol. The van der Waals surface area contributed by atoms with Crippen molar-refractivity contribution in [2.75, 3.05) is 13.1 Å². The van der Waals surface area contributed by atoms with Gasteiger partial charge in [-0.25, -0.2) is 8.42 Å². The average Bonchev–Trinajstić information content (AvgIpc) is 2.98. The molecular weight excluding hydrogens is 330 g/mol. The molecule has 0 unspecified atom stereocenters. The van der Waals surface area contributed by atoms with Gasteiger partial charge in [0.25, 0.3) is 5.91 Å². The molecule has 23 heavy (non-hydrogen) atoms. The third-order valence-corrected chi connectivity index (χ3v) is 7.39. The van der Waals surface area contributed by atoms with Gasteiger partial charge in [0.15, 0.2) is 9.84 Å². The number of thiophene rings is 1. The topological polar surface area (TPSA) is 54.5 Å². The molecule has 1 fully saturated rings. The van der Waals surface area contributed by atoms with Crippen LogP contribution in [0.15, 0.2) is 35.2 Å². The maximum atomic E-state index is 12.7. The molecule has 1 amide bonds. The summed E-state index contributed by atoms with van der Waals surface area (Å²) in [6, 6.07) is 8.85. The Kier molecular flexibility index (Phi) is 3.54. The summed E-state index contributed by atoms with van der Waals surface area (Å²) >= 11 is 1.42. The van der Waals surface area contributed by atoms with Gasteiger partial charge in [-0.15, -0.1) is 11.3 Å². The van der Waals surface area contributed by atoms with E-state index in [0.29, 0.717) is 9.77 Å². The van der Waals surface area contributed by atoms with Gasteiger partial charge in [-0.3, -0.25) is 4.79 Å². The van der Waals surface area contributed by atoms with Crippen molar-refractivity contribution in [1.82, 2.24) is 4.90 Å². The molecule has 1 aromatic heterocycles. The molecule has 4 nitrogen and oxygen atoms in total. The number of hydrogen-bond donors (Lipinski definition) is 0. The first-order chi connectivity index (χ1) is 11.1. The molecular formula is C17H17NO3S2. The number of likely N-dealkylation sites (tertiary alicyclic amines) is 1. The second kappa shape index (κ2) is 5.46. The number of nitrogens with zero attached hydrogens (tertiary/aromatic N) is 1. The smallest absolute Gasteiger partial charge is 0.263 e. The van der Waals surface area contributed by atoms with Crippen molar-refractivity contribution in [2.24, 2.45) is 0 Å². The van der Waals surface area contributed by atoms with Crippen LogP contribution in [0.3, 0.4) is 0 Å². The van der Waals surface area contributed by atoms with Crippen molar-refractivity contribution < 1.29 is 13.2 Å². The van der Waals surface area contributed by atoms with Gasteiger partial charge in [-0.1, -0.05) is 18.2 Å². The van der Waals surface area contributed by atoms with Crippen molar-refractivity contribution in [3.05, 3.63) is 40.8 Å². The molecule has 0 spiro atoms. The van der Waals surface area contributed by atoms with E-state index in [1.165, 1.54) is 17.8 Å². The van der Waals surface area contributed by atoms with Crippen LogP contribution in [0.1, 0.15) is 34.5 Å². The Morgan fingerprint density at radius 1 is 1.09 bits per heavy atom. The molecule has 0 atom stereocenters. The summed E-state index contributed by atoms with van der Waals surface area (Å²) in [5, 5.41) is 0. The van der Waals surface area contributed by atoms with E-state index in [2.05, 4.69) is 0 Å². The molecule has 0 radical (unpaired) electrons. The van der Waals surface area contributed by atoms with Gasteiger partial charge in [0.2, 0.25) is 0 Å². The predicted octanol–water partition coefficient (Wildman–Crippen LogP) is 3.33. The number of sulfone groups is 1. The Labute approximate surface area is 139 Å². The lowest BCUT2D eigenvalue weighted by Gasteiger charge is -2.26. The van der Waals surface area contributed by atoms with Crippen molar-refractivity contribution in [2.45, 2.75) is 29.9 Å². The number of piperidine rings is 1. The number of carbonyl (C=O) groups is 1. The molecule has 0 bridgehead atoms. The van der Waals surface area contributed by atoms with Gasteiger partial charge in [0, 0.05) is 23.5 Å². The van der Waals surface area contributed by atoms with E-state index in [9.17, 15) is 13.2 Å². The molecule has 4 rings (SSSR count). The van der Waals surface area contributed by atoms with Crippen LogP contribution in [0.4, 0.5) is 0 Å². The SMILES string of the molecule is O=C(c1cc2c(s1)-c1ccccc1S(=O)(=O)C2)N1CCCCC1. The van der Waals surface area contributed by atoms with E-state index in [1.807, 2.05) is 17.0 Å². The molecule has 2 aromatic rings. The van der Waals surface area contributed by atoms with E-state index >= 15 is 0 Å². The minimum absolute atomic E-state index is 0.0108. The standard InChI is InChI=1S/C17H17NO3S2/c19-17(18-8-4-1-5-9-18)14-10-12-11-23(20,21)15-7-3-2-6-13(15)16(12)22-14/h2-3,6-7,10H,1,4-5,8-9,11H2. The highest BCUT2D eigenvalue weighted by Crippen LogP contribution is 2.42. The van der Waals surface area contributed by atoms with Crippen molar-refractivity contribution in [3.8, 4) is 10.4 Å². The summed E-state index contributed by atoms with van der Waals surface area (Å²) in [6.45, 7) is 1.60. The van der Waals surface area contributed by atoms with Crippen LogP contribution in [-0.2, 0) is 15.6 Å². The minimum Gasteiger partial charge on any atom is -0.338 e. The lowest BCUT2D eigenvalue weighted by atomic mass is 10.1. The van der Waals surface area contributed by atoms with Gasteiger partial charge >= 0.3 is 0 Å². The van der Waals surface area contributed by atoms with Crippen molar-refractivity contribution >= 4 is 27.1 Å². The lowest BCUT2D eigenvalue weighted by molar-refractivity contribution is 0.0729. The Morgan fingerprint density at radius 2 is 1.83 bits per heavy atom. The van der Waals surface area contributed by atoms with Crippen LogP contribution < -0.4 is 0 Å². The van der Waals surface area contributed by atoms with E-state index in [4.69, 9.17) is 0 Å². The van der Waals surface area contributed by atoms with Gasteiger partial charge in [-0.2, -0.15) is 0 Å². The highest BCUT2D eigenvalue weighted by Gasteiger charge is 2.31. The second-order valence-corrected chi connectivity index (χ2v) is 9.08. The first kappa shape index (κ1) is 14.9. The van der Waals surface area contributed by atoms with Crippen molar-refractivity contribution in [1.29, 1.82) is 0 Å². The van der Waals surface area contributed by atoms with Gasteiger partial charge < -0.3 is 4.90 Å². The summed E-state index contributed by atoms with van der Waals surface area (Å²) in [6.07, 6.45) is 3.28. The number of amides is 1. The molecule has 0 saturated carbocycles. The van der Waals surface area contributed by atoms with Gasteiger partial charge in [0.05, 0.1) is 15.5 Å². The van der Waals surface area contributed by atoms with Crippen molar-refractivity contribution in [3.63, 3.8) is 0 Å². The fourth-order valence-corrected chi connectivity index (χ4v) is 6.26. The van der Waals surface area contributed by atoms with Crippen LogP contribution in [0.2, 0.25) is 0 Å². The van der Waals surface area contributed by atoms with E-state index in [1.54, 1.807) is 18.2 Å². The van der Waals surface area contributed by atoms with Crippen LogP contribution in [-0.4, -0.2) is 32.3 Å². The van der Waals surface area contributed by atoms with E-state index < -0.39 is 9.84 Å². The molecule has 3 heterocycles. The summed E-state index contributed by atoms with van der Waals surface area (Å²) < 4.78 is 24.9. The van der Waals surface area contributed by atoms with Crippen LogP contribution in [0, 0.1) is 0 Å². The third-order valence-electron chi connectivity index (χ3n) is 4.48. The Hall–Kier alpha value is -1.66.